The molecule has 2 N–H and O–H groups in total. The summed E-state index contributed by atoms with van der Waals surface area (Å²) in [6.07, 6.45) is 1.61. The van der Waals surface area contributed by atoms with Crippen LogP contribution in [-0.4, -0.2) is 17.3 Å². The normalized spacial score (nSPS) is 12.1. The summed E-state index contributed by atoms with van der Waals surface area (Å²) < 4.78 is 0. The molecule has 0 bridgehead atoms. The Kier molecular flexibility index (Phi) is 3.85. The van der Waals surface area contributed by atoms with Gasteiger partial charge in [-0.1, -0.05) is 30.3 Å². The number of carbonyl (C=O) groups excluding carboxylic acids is 1. The molecule has 0 aliphatic rings. The van der Waals surface area contributed by atoms with Gasteiger partial charge in [-0.3, -0.25) is 9.78 Å². The van der Waals surface area contributed by atoms with Crippen LogP contribution in [0.15, 0.2) is 48.7 Å². The number of rotatable bonds is 4. The highest BCUT2D eigenvalue weighted by Gasteiger charge is 2.20. The molecule has 1 aromatic carbocycles. The Hall–Kier alpha value is -2.00. The second kappa shape index (κ2) is 5.56. The van der Waals surface area contributed by atoms with E-state index in [2.05, 4.69) is 4.98 Å². The Balaban J connectivity index is 2.28. The Morgan fingerprint density at radius 3 is 2.50 bits per heavy atom. The lowest BCUT2D eigenvalue weighted by atomic mass is 9.91. The molecule has 1 heterocycles. The zero-order chi connectivity index (χ0) is 13.0. The molecule has 0 spiro atoms. The van der Waals surface area contributed by atoms with E-state index in [0.717, 1.165) is 11.3 Å². The highest BCUT2D eigenvalue weighted by atomic mass is 16.1. The second-order valence-corrected chi connectivity index (χ2v) is 4.25. The van der Waals surface area contributed by atoms with Gasteiger partial charge in [-0.05, 0) is 24.6 Å². The molecule has 0 saturated carbocycles. The van der Waals surface area contributed by atoms with Crippen LogP contribution in [0.4, 0.5) is 0 Å². The maximum absolute atomic E-state index is 12.4. The first kappa shape index (κ1) is 12.5. The minimum Gasteiger partial charge on any atom is -0.329 e. The van der Waals surface area contributed by atoms with Crippen LogP contribution in [0, 0.1) is 6.92 Å². The molecule has 1 unspecified atom stereocenters. The highest BCUT2D eigenvalue weighted by Crippen LogP contribution is 2.19. The summed E-state index contributed by atoms with van der Waals surface area (Å²) in [6, 6.07) is 13.3. The summed E-state index contributed by atoms with van der Waals surface area (Å²) in [5.74, 6) is -0.271. The lowest BCUT2D eigenvalue weighted by Crippen LogP contribution is -2.22. The topological polar surface area (TPSA) is 56.0 Å². The van der Waals surface area contributed by atoms with Gasteiger partial charge in [-0.15, -0.1) is 0 Å². The standard InChI is InChI=1S/C15H16N2O/c1-11-7-8-13(10-17-11)15(18)14(9-16)12-5-3-2-4-6-12/h2-8,10,14H,9,16H2,1H3. The van der Waals surface area contributed by atoms with Crippen molar-refractivity contribution in [3.05, 3.63) is 65.5 Å². The van der Waals surface area contributed by atoms with Crippen molar-refractivity contribution in [2.75, 3.05) is 6.54 Å². The fraction of sp³-hybridized carbons (Fsp3) is 0.200. The van der Waals surface area contributed by atoms with E-state index < -0.39 is 0 Å². The van der Waals surface area contributed by atoms with Crippen LogP contribution in [0.1, 0.15) is 27.5 Å². The van der Waals surface area contributed by atoms with Gasteiger partial charge < -0.3 is 5.73 Å². The number of nitrogens with zero attached hydrogens (tertiary/aromatic N) is 1. The third kappa shape index (κ3) is 2.63. The summed E-state index contributed by atoms with van der Waals surface area (Å²) in [4.78, 5) is 16.5. The van der Waals surface area contributed by atoms with Crippen LogP contribution >= 0.6 is 0 Å². The summed E-state index contributed by atoms with van der Waals surface area (Å²) in [7, 11) is 0. The summed E-state index contributed by atoms with van der Waals surface area (Å²) in [5.41, 5.74) is 8.19. The number of pyridine rings is 1. The molecule has 3 heteroatoms. The Bertz CT molecular complexity index is 520. The van der Waals surface area contributed by atoms with Crippen molar-refractivity contribution >= 4 is 5.78 Å². The molecule has 0 fully saturated rings. The fourth-order valence-corrected chi connectivity index (χ4v) is 1.89. The number of hydrogen-bond acceptors (Lipinski definition) is 3. The first-order chi connectivity index (χ1) is 8.72. The summed E-state index contributed by atoms with van der Waals surface area (Å²) in [5, 5.41) is 0. The van der Waals surface area contributed by atoms with Crippen molar-refractivity contribution in [1.29, 1.82) is 0 Å². The van der Waals surface area contributed by atoms with Crippen molar-refractivity contribution in [2.45, 2.75) is 12.8 Å². The predicted octanol–water partition coefficient (Wildman–Crippen LogP) is 2.32. The van der Waals surface area contributed by atoms with Gasteiger partial charge in [-0.25, -0.2) is 0 Å². The van der Waals surface area contributed by atoms with Gasteiger partial charge >= 0.3 is 0 Å². The van der Waals surface area contributed by atoms with E-state index in [1.165, 1.54) is 0 Å². The van der Waals surface area contributed by atoms with Gasteiger partial charge in [0.15, 0.2) is 5.78 Å². The lowest BCUT2D eigenvalue weighted by Gasteiger charge is -2.13. The number of aromatic nitrogens is 1. The van der Waals surface area contributed by atoms with E-state index in [1.807, 2.05) is 43.3 Å². The van der Waals surface area contributed by atoms with Gasteiger partial charge in [0.1, 0.15) is 0 Å². The maximum atomic E-state index is 12.4. The molecule has 0 aliphatic carbocycles. The molecular formula is C15H16N2O. The third-order valence-electron chi connectivity index (χ3n) is 2.95. The molecule has 18 heavy (non-hydrogen) atoms. The predicted molar refractivity (Wildman–Crippen MR) is 71.5 cm³/mol. The van der Waals surface area contributed by atoms with E-state index in [9.17, 15) is 4.79 Å². The van der Waals surface area contributed by atoms with Gasteiger partial charge in [-0.2, -0.15) is 0 Å². The number of Topliss-reactive ketones (excluding diaryl/α,β-unsaturated/α-hetero) is 1. The van der Waals surface area contributed by atoms with Crippen molar-refractivity contribution in [3.8, 4) is 0 Å². The molecule has 2 aromatic rings. The Morgan fingerprint density at radius 2 is 1.94 bits per heavy atom. The van der Waals surface area contributed by atoms with Gasteiger partial charge in [0, 0.05) is 24.0 Å². The number of ketones is 1. The maximum Gasteiger partial charge on any atom is 0.173 e. The van der Waals surface area contributed by atoms with E-state index in [-0.39, 0.29) is 11.7 Å². The van der Waals surface area contributed by atoms with Crippen LogP contribution in [-0.2, 0) is 0 Å². The van der Waals surface area contributed by atoms with Crippen molar-refractivity contribution < 1.29 is 4.79 Å². The van der Waals surface area contributed by atoms with Crippen LogP contribution in [0.2, 0.25) is 0 Å². The molecular weight excluding hydrogens is 224 g/mol. The molecule has 1 atom stereocenters. The molecule has 0 radical (unpaired) electrons. The van der Waals surface area contributed by atoms with E-state index >= 15 is 0 Å². The average Bonchev–Trinajstić information content (AvgIpc) is 2.41. The van der Waals surface area contributed by atoms with Crippen LogP contribution in [0.3, 0.4) is 0 Å². The minimum atomic E-state index is -0.296. The average molecular weight is 240 g/mol. The number of benzene rings is 1. The van der Waals surface area contributed by atoms with Gasteiger partial charge in [0.05, 0.1) is 5.92 Å². The molecule has 3 nitrogen and oxygen atoms in total. The summed E-state index contributed by atoms with van der Waals surface area (Å²) in [6.45, 7) is 2.20. The van der Waals surface area contributed by atoms with Crippen molar-refractivity contribution in [1.82, 2.24) is 4.98 Å². The number of carbonyl (C=O) groups is 1. The zero-order valence-corrected chi connectivity index (χ0v) is 10.3. The lowest BCUT2D eigenvalue weighted by molar-refractivity contribution is 0.0962. The molecule has 2 rings (SSSR count). The third-order valence-corrected chi connectivity index (χ3v) is 2.95. The first-order valence-corrected chi connectivity index (χ1v) is 5.94. The monoisotopic (exact) mass is 240 g/mol. The largest absolute Gasteiger partial charge is 0.329 e. The SMILES string of the molecule is Cc1ccc(C(=O)C(CN)c2ccccc2)cn1. The molecule has 0 amide bonds. The number of nitrogens with two attached hydrogens (primary N) is 1. The smallest absolute Gasteiger partial charge is 0.173 e. The van der Waals surface area contributed by atoms with Crippen molar-refractivity contribution in [3.63, 3.8) is 0 Å². The molecule has 1 aromatic heterocycles. The summed E-state index contributed by atoms with van der Waals surface area (Å²) >= 11 is 0. The van der Waals surface area contributed by atoms with Gasteiger partial charge in [0.25, 0.3) is 0 Å². The van der Waals surface area contributed by atoms with Crippen LogP contribution in [0.25, 0.3) is 0 Å². The first-order valence-electron chi connectivity index (χ1n) is 5.94. The fourth-order valence-electron chi connectivity index (χ4n) is 1.89. The molecule has 0 aliphatic heterocycles. The Morgan fingerprint density at radius 1 is 1.22 bits per heavy atom. The zero-order valence-electron chi connectivity index (χ0n) is 10.3. The molecule has 0 saturated heterocycles. The second-order valence-electron chi connectivity index (χ2n) is 4.25. The quantitative estimate of drug-likeness (QED) is 0.834. The van der Waals surface area contributed by atoms with E-state index in [0.29, 0.717) is 12.1 Å². The van der Waals surface area contributed by atoms with Crippen LogP contribution in [0.5, 0.6) is 0 Å². The van der Waals surface area contributed by atoms with Gasteiger partial charge in [0.2, 0.25) is 0 Å². The number of aryl methyl sites for hydroxylation is 1. The number of hydrogen-bond donors (Lipinski definition) is 1. The van der Waals surface area contributed by atoms with Crippen LogP contribution < -0.4 is 5.73 Å². The minimum absolute atomic E-state index is 0.0243. The highest BCUT2D eigenvalue weighted by molar-refractivity contribution is 6.00. The van der Waals surface area contributed by atoms with Crippen molar-refractivity contribution in [2.24, 2.45) is 5.73 Å². The molecule has 92 valence electrons. The Labute approximate surface area is 107 Å². The van der Waals surface area contributed by atoms with E-state index in [1.54, 1.807) is 12.3 Å². The van der Waals surface area contributed by atoms with E-state index in [4.69, 9.17) is 5.73 Å².